The summed E-state index contributed by atoms with van der Waals surface area (Å²) in [5.74, 6) is 0.152. The molecule has 2 rings (SSSR count). The molecule has 0 aliphatic carbocycles. The summed E-state index contributed by atoms with van der Waals surface area (Å²) in [7, 11) is -3.64. The molecule has 0 aromatic rings. The van der Waals surface area contributed by atoms with Crippen LogP contribution in [0.2, 0.25) is 0 Å². The van der Waals surface area contributed by atoms with Gasteiger partial charge in [-0.3, -0.25) is 0 Å². The Balaban J connectivity index is 1.84. The Morgan fingerprint density at radius 1 is 1.16 bits per heavy atom. The van der Waals surface area contributed by atoms with E-state index in [1.807, 2.05) is 9.80 Å². The second-order valence-electron chi connectivity index (χ2n) is 5.32. The van der Waals surface area contributed by atoms with E-state index in [9.17, 15) is 13.2 Å². The van der Waals surface area contributed by atoms with Gasteiger partial charge in [0.15, 0.2) is 0 Å². The van der Waals surface area contributed by atoms with Crippen molar-refractivity contribution in [1.29, 1.82) is 0 Å². The van der Waals surface area contributed by atoms with Gasteiger partial charge in [-0.2, -0.15) is 8.42 Å². The normalized spacial score (nSPS) is 24.8. The molecule has 0 aromatic carbocycles. The van der Waals surface area contributed by atoms with Crippen molar-refractivity contribution in [1.82, 2.24) is 14.5 Å². The van der Waals surface area contributed by atoms with E-state index in [0.29, 0.717) is 13.1 Å². The first-order valence-electron chi connectivity index (χ1n) is 6.77. The molecule has 0 radical (unpaired) electrons. The number of carbonyl (C=O) groups is 1. The predicted molar refractivity (Wildman–Crippen MR) is 71.6 cm³/mol. The Kier molecular flexibility index (Phi) is 4.64. The van der Waals surface area contributed by atoms with E-state index in [1.54, 1.807) is 0 Å². The van der Waals surface area contributed by atoms with Crippen LogP contribution in [0.25, 0.3) is 0 Å². The standard InChI is InChI=1S/C11H22N4O3S/c12-19(17,18)13-8-10-4-3-7-15(9-10)11(16)14-5-1-2-6-14/h10,13H,1-9H2,(H2,12,17,18). The van der Waals surface area contributed by atoms with Gasteiger partial charge in [0, 0.05) is 32.7 Å². The number of nitrogens with two attached hydrogens (primary N) is 1. The third-order valence-corrected chi connectivity index (χ3v) is 4.31. The van der Waals surface area contributed by atoms with Crippen LogP contribution in [0.5, 0.6) is 0 Å². The van der Waals surface area contributed by atoms with E-state index < -0.39 is 10.2 Å². The van der Waals surface area contributed by atoms with Crippen LogP contribution in [-0.2, 0) is 10.2 Å². The average Bonchev–Trinajstić information content (AvgIpc) is 2.89. The molecule has 8 heteroatoms. The molecule has 3 N–H and O–H groups in total. The van der Waals surface area contributed by atoms with Gasteiger partial charge in [0.25, 0.3) is 10.2 Å². The van der Waals surface area contributed by atoms with Crippen LogP contribution in [0.15, 0.2) is 0 Å². The highest BCUT2D eigenvalue weighted by atomic mass is 32.2. The number of nitrogens with one attached hydrogen (secondary N) is 1. The highest BCUT2D eigenvalue weighted by Crippen LogP contribution is 2.19. The summed E-state index contributed by atoms with van der Waals surface area (Å²) in [6.45, 7) is 3.37. The largest absolute Gasteiger partial charge is 0.325 e. The van der Waals surface area contributed by atoms with Gasteiger partial charge in [-0.15, -0.1) is 0 Å². The molecule has 110 valence electrons. The van der Waals surface area contributed by atoms with Crippen LogP contribution in [0.1, 0.15) is 25.7 Å². The fourth-order valence-corrected chi connectivity index (χ4v) is 3.22. The minimum Gasteiger partial charge on any atom is -0.325 e. The minimum absolute atomic E-state index is 0.0952. The SMILES string of the molecule is NS(=O)(=O)NCC1CCCN(C(=O)N2CCCC2)C1. The van der Waals surface area contributed by atoms with Crippen molar-refractivity contribution in [2.75, 3.05) is 32.7 Å². The molecule has 2 heterocycles. The lowest BCUT2D eigenvalue weighted by molar-refractivity contribution is 0.136. The average molecular weight is 290 g/mol. The van der Waals surface area contributed by atoms with Crippen LogP contribution in [0, 0.1) is 5.92 Å². The number of likely N-dealkylation sites (tertiary alicyclic amines) is 2. The number of nitrogens with zero attached hydrogens (tertiary/aromatic N) is 2. The smallest absolute Gasteiger partial charge is 0.320 e. The fraction of sp³-hybridized carbons (Fsp3) is 0.909. The number of urea groups is 1. The van der Waals surface area contributed by atoms with Crippen LogP contribution in [0.4, 0.5) is 4.79 Å². The zero-order valence-electron chi connectivity index (χ0n) is 11.0. The van der Waals surface area contributed by atoms with Crippen molar-refractivity contribution >= 4 is 16.2 Å². The summed E-state index contributed by atoms with van der Waals surface area (Å²) < 4.78 is 24.1. The molecule has 2 amide bonds. The van der Waals surface area contributed by atoms with Gasteiger partial charge in [0.1, 0.15) is 0 Å². The van der Waals surface area contributed by atoms with Crippen molar-refractivity contribution in [2.45, 2.75) is 25.7 Å². The summed E-state index contributed by atoms with van der Waals surface area (Å²) in [4.78, 5) is 16.0. The summed E-state index contributed by atoms with van der Waals surface area (Å²) in [6.07, 6.45) is 3.99. The van der Waals surface area contributed by atoms with Crippen LogP contribution in [0.3, 0.4) is 0 Å². The third kappa shape index (κ3) is 4.32. The molecule has 0 aromatic heterocycles. The van der Waals surface area contributed by atoms with Crippen molar-refractivity contribution in [2.24, 2.45) is 11.1 Å². The maximum atomic E-state index is 12.2. The molecule has 2 fully saturated rings. The van der Waals surface area contributed by atoms with Gasteiger partial charge in [-0.05, 0) is 31.6 Å². The van der Waals surface area contributed by atoms with Crippen molar-refractivity contribution in [3.63, 3.8) is 0 Å². The van der Waals surface area contributed by atoms with E-state index in [0.717, 1.165) is 45.3 Å². The molecule has 19 heavy (non-hydrogen) atoms. The predicted octanol–water partition coefficient (Wildman–Crippen LogP) is -0.293. The van der Waals surface area contributed by atoms with Gasteiger partial charge in [-0.25, -0.2) is 14.7 Å². The van der Waals surface area contributed by atoms with Crippen molar-refractivity contribution < 1.29 is 13.2 Å². The Labute approximate surface area is 114 Å². The molecule has 2 saturated heterocycles. The molecular weight excluding hydrogens is 268 g/mol. The Hall–Kier alpha value is -0.860. The van der Waals surface area contributed by atoms with Crippen molar-refractivity contribution in [3.05, 3.63) is 0 Å². The molecule has 1 unspecified atom stereocenters. The van der Waals surface area contributed by atoms with Crippen molar-refractivity contribution in [3.8, 4) is 0 Å². The number of hydrogen-bond acceptors (Lipinski definition) is 3. The topological polar surface area (TPSA) is 95.7 Å². The van der Waals surface area contributed by atoms with E-state index in [4.69, 9.17) is 5.14 Å². The molecule has 2 aliphatic heterocycles. The lowest BCUT2D eigenvalue weighted by Crippen LogP contribution is -2.48. The zero-order valence-corrected chi connectivity index (χ0v) is 11.9. The summed E-state index contributed by atoms with van der Waals surface area (Å²) in [6, 6.07) is 0.0952. The van der Waals surface area contributed by atoms with E-state index in [2.05, 4.69) is 4.72 Å². The molecule has 2 aliphatic rings. The Morgan fingerprint density at radius 2 is 1.79 bits per heavy atom. The monoisotopic (exact) mass is 290 g/mol. The van der Waals surface area contributed by atoms with Gasteiger partial charge in [0.2, 0.25) is 0 Å². The summed E-state index contributed by atoms with van der Waals surface area (Å²) >= 11 is 0. The molecule has 1 atom stereocenters. The molecule has 0 bridgehead atoms. The number of carbonyl (C=O) groups excluding carboxylic acids is 1. The lowest BCUT2D eigenvalue weighted by atomic mass is 9.99. The van der Waals surface area contributed by atoms with Gasteiger partial charge >= 0.3 is 6.03 Å². The Morgan fingerprint density at radius 3 is 2.42 bits per heavy atom. The second kappa shape index (κ2) is 6.06. The lowest BCUT2D eigenvalue weighted by Gasteiger charge is -2.35. The van der Waals surface area contributed by atoms with E-state index >= 15 is 0 Å². The number of hydrogen-bond donors (Lipinski definition) is 2. The first kappa shape index (κ1) is 14.5. The van der Waals surface area contributed by atoms with Gasteiger partial charge in [-0.1, -0.05) is 0 Å². The maximum absolute atomic E-state index is 12.2. The maximum Gasteiger partial charge on any atom is 0.320 e. The summed E-state index contributed by atoms with van der Waals surface area (Å²) in [5.41, 5.74) is 0. The first-order chi connectivity index (χ1) is 8.96. The fourth-order valence-electron chi connectivity index (χ4n) is 2.75. The van der Waals surface area contributed by atoms with Crippen LogP contribution < -0.4 is 9.86 Å². The molecule has 0 spiro atoms. The summed E-state index contributed by atoms with van der Waals surface area (Å²) in [5, 5.41) is 4.92. The molecular formula is C11H22N4O3S. The Bertz CT molecular complexity index is 420. The minimum atomic E-state index is -3.64. The number of piperidine rings is 1. The highest BCUT2D eigenvalue weighted by Gasteiger charge is 2.28. The van der Waals surface area contributed by atoms with Gasteiger partial charge < -0.3 is 9.80 Å². The number of amides is 2. The van der Waals surface area contributed by atoms with Gasteiger partial charge in [0.05, 0.1) is 0 Å². The molecule has 7 nitrogen and oxygen atoms in total. The third-order valence-electron chi connectivity index (χ3n) is 3.74. The highest BCUT2D eigenvalue weighted by molar-refractivity contribution is 7.87. The van der Waals surface area contributed by atoms with E-state index in [1.165, 1.54) is 0 Å². The second-order valence-corrected chi connectivity index (χ2v) is 6.70. The molecule has 0 saturated carbocycles. The van der Waals surface area contributed by atoms with Crippen LogP contribution in [-0.4, -0.2) is 57.0 Å². The van der Waals surface area contributed by atoms with E-state index in [-0.39, 0.29) is 11.9 Å². The quantitative estimate of drug-likeness (QED) is 0.747. The zero-order chi connectivity index (χ0) is 13.9. The van der Waals surface area contributed by atoms with Crippen LogP contribution >= 0.6 is 0 Å². The first-order valence-corrected chi connectivity index (χ1v) is 8.31. The number of rotatable bonds is 3.